The molecule has 1 aliphatic heterocycles. The second-order valence-corrected chi connectivity index (χ2v) is 5.73. The average Bonchev–Trinajstić information content (AvgIpc) is 3.05. The Hall–Kier alpha value is -1.77. The fourth-order valence-electron chi connectivity index (χ4n) is 3.09. The zero-order valence-electron chi connectivity index (χ0n) is 11.5. The molecule has 3 rings (SSSR count). The van der Waals surface area contributed by atoms with E-state index in [1.54, 1.807) is 0 Å². The van der Waals surface area contributed by atoms with E-state index >= 15 is 0 Å². The monoisotopic (exact) mass is 256 g/mol. The molecule has 2 heterocycles. The van der Waals surface area contributed by atoms with Gasteiger partial charge in [0.25, 0.3) is 5.91 Å². The van der Waals surface area contributed by atoms with Crippen molar-refractivity contribution in [1.29, 1.82) is 0 Å². The molecule has 0 radical (unpaired) electrons. The lowest BCUT2D eigenvalue weighted by molar-refractivity contribution is 0.0702. The Morgan fingerprint density at radius 1 is 1.37 bits per heavy atom. The molecule has 0 bridgehead atoms. The number of hydrogen-bond donors (Lipinski definition) is 1. The van der Waals surface area contributed by atoms with Crippen LogP contribution in [0.1, 0.15) is 37.0 Å². The number of amides is 1. The summed E-state index contributed by atoms with van der Waals surface area (Å²) in [6, 6.07) is 8.31. The first-order valence-corrected chi connectivity index (χ1v) is 7.05. The van der Waals surface area contributed by atoms with Gasteiger partial charge in [0.1, 0.15) is 0 Å². The van der Waals surface area contributed by atoms with Crippen LogP contribution in [0.4, 0.5) is 0 Å². The van der Waals surface area contributed by atoms with Crippen LogP contribution >= 0.6 is 0 Å². The minimum atomic E-state index is 0.180. The van der Waals surface area contributed by atoms with Crippen molar-refractivity contribution < 1.29 is 4.79 Å². The van der Waals surface area contributed by atoms with Crippen molar-refractivity contribution >= 4 is 16.8 Å². The van der Waals surface area contributed by atoms with E-state index in [-0.39, 0.29) is 5.91 Å². The lowest BCUT2D eigenvalue weighted by atomic mass is 10.0. The third kappa shape index (κ3) is 2.14. The molecule has 3 nitrogen and oxygen atoms in total. The van der Waals surface area contributed by atoms with E-state index < -0.39 is 0 Å². The minimum absolute atomic E-state index is 0.180. The third-order valence-corrected chi connectivity index (χ3v) is 4.13. The maximum atomic E-state index is 12.6. The van der Waals surface area contributed by atoms with Gasteiger partial charge in [0.05, 0.1) is 0 Å². The zero-order chi connectivity index (χ0) is 13.4. The summed E-state index contributed by atoms with van der Waals surface area (Å²) >= 11 is 0. The number of aromatic nitrogens is 1. The van der Waals surface area contributed by atoms with E-state index in [1.165, 1.54) is 0 Å². The first-order chi connectivity index (χ1) is 9.16. The van der Waals surface area contributed by atoms with Gasteiger partial charge in [-0.15, -0.1) is 0 Å². The molecule has 19 heavy (non-hydrogen) atoms. The normalized spacial score (nSPS) is 19.5. The van der Waals surface area contributed by atoms with E-state index in [4.69, 9.17) is 0 Å². The highest BCUT2D eigenvalue weighted by atomic mass is 16.2. The Morgan fingerprint density at radius 3 is 3.00 bits per heavy atom. The maximum absolute atomic E-state index is 12.6. The fraction of sp³-hybridized carbons (Fsp3) is 0.438. The van der Waals surface area contributed by atoms with Crippen LogP contribution < -0.4 is 0 Å². The maximum Gasteiger partial charge on any atom is 0.254 e. The number of nitrogens with one attached hydrogen (secondary N) is 1. The third-order valence-electron chi connectivity index (χ3n) is 4.13. The minimum Gasteiger partial charge on any atom is -0.361 e. The molecule has 1 aromatic heterocycles. The Labute approximate surface area is 113 Å². The number of fused-ring (bicyclic) bond motifs is 1. The lowest BCUT2D eigenvalue weighted by Crippen LogP contribution is -2.38. The predicted molar refractivity (Wildman–Crippen MR) is 77.2 cm³/mol. The number of benzene rings is 1. The van der Waals surface area contributed by atoms with Crippen molar-refractivity contribution in [2.45, 2.75) is 32.7 Å². The van der Waals surface area contributed by atoms with Crippen LogP contribution in [0.15, 0.2) is 30.5 Å². The van der Waals surface area contributed by atoms with Crippen LogP contribution in [0, 0.1) is 5.92 Å². The van der Waals surface area contributed by atoms with E-state index in [1.807, 2.05) is 30.5 Å². The molecule has 2 aromatic rings. The molecule has 1 fully saturated rings. The van der Waals surface area contributed by atoms with Gasteiger partial charge in [-0.25, -0.2) is 0 Å². The first kappa shape index (κ1) is 12.3. The number of likely N-dealkylation sites (tertiary alicyclic amines) is 1. The quantitative estimate of drug-likeness (QED) is 0.878. The highest BCUT2D eigenvalue weighted by Gasteiger charge is 2.31. The van der Waals surface area contributed by atoms with Crippen LogP contribution in [0.25, 0.3) is 10.9 Å². The van der Waals surface area contributed by atoms with Crippen LogP contribution in [0.5, 0.6) is 0 Å². The Morgan fingerprint density at radius 2 is 2.21 bits per heavy atom. The SMILES string of the molecule is CC(C)C1CCCN1C(=O)c1ccc2[nH]ccc2c1. The van der Waals surface area contributed by atoms with Crippen molar-refractivity contribution in [2.75, 3.05) is 6.54 Å². The number of nitrogens with zero attached hydrogens (tertiary/aromatic N) is 1. The van der Waals surface area contributed by atoms with E-state index in [2.05, 4.69) is 23.7 Å². The van der Waals surface area contributed by atoms with E-state index in [0.717, 1.165) is 35.9 Å². The first-order valence-electron chi connectivity index (χ1n) is 7.05. The molecule has 1 aliphatic rings. The van der Waals surface area contributed by atoms with Crippen molar-refractivity contribution in [2.24, 2.45) is 5.92 Å². The van der Waals surface area contributed by atoms with E-state index in [0.29, 0.717) is 12.0 Å². The summed E-state index contributed by atoms with van der Waals surface area (Å²) in [5.74, 6) is 0.710. The summed E-state index contributed by atoms with van der Waals surface area (Å²) in [5, 5.41) is 1.10. The van der Waals surface area contributed by atoms with E-state index in [9.17, 15) is 4.79 Å². The Bertz CT molecular complexity index is 600. The van der Waals surface area contributed by atoms with Crippen LogP contribution in [0.3, 0.4) is 0 Å². The Balaban J connectivity index is 1.90. The van der Waals surface area contributed by atoms with Gasteiger partial charge < -0.3 is 9.88 Å². The smallest absolute Gasteiger partial charge is 0.254 e. The molecule has 100 valence electrons. The van der Waals surface area contributed by atoms with Gasteiger partial charge in [-0.1, -0.05) is 13.8 Å². The average molecular weight is 256 g/mol. The zero-order valence-corrected chi connectivity index (χ0v) is 11.5. The van der Waals surface area contributed by atoms with Gasteiger partial charge >= 0.3 is 0 Å². The predicted octanol–water partition coefficient (Wildman–Crippen LogP) is 3.43. The molecule has 1 saturated heterocycles. The highest BCUT2D eigenvalue weighted by Crippen LogP contribution is 2.26. The molecular formula is C16H20N2O. The molecular weight excluding hydrogens is 236 g/mol. The number of H-pyrrole nitrogens is 1. The molecule has 1 unspecified atom stereocenters. The summed E-state index contributed by atoms with van der Waals surface area (Å²) in [4.78, 5) is 17.9. The number of aromatic amines is 1. The van der Waals surface area contributed by atoms with Crippen molar-refractivity contribution in [3.05, 3.63) is 36.0 Å². The van der Waals surface area contributed by atoms with Crippen molar-refractivity contribution in [3.8, 4) is 0 Å². The van der Waals surface area contributed by atoms with Gasteiger partial charge in [-0.2, -0.15) is 0 Å². The van der Waals surface area contributed by atoms with Crippen LogP contribution in [-0.2, 0) is 0 Å². The summed E-state index contributed by atoms with van der Waals surface area (Å²) in [7, 11) is 0. The van der Waals surface area contributed by atoms with Gasteiger partial charge in [-0.05, 0) is 43.0 Å². The standard InChI is InChI=1S/C16H20N2O/c1-11(2)15-4-3-9-18(15)16(19)13-5-6-14-12(10-13)7-8-17-14/h5-8,10-11,15,17H,3-4,9H2,1-2H3. The molecule has 1 atom stereocenters. The summed E-state index contributed by atoms with van der Waals surface area (Å²) in [6.45, 7) is 5.30. The molecule has 0 saturated carbocycles. The van der Waals surface area contributed by atoms with Crippen molar-refractivity contribution in [1.82, 2.24) is 9.88 Å². The Kier molecular flexibility index (Phi) is 3.05. The summed E-state index contributed by atoms with van der Waals surface area (Å²) < 4.78 is 0. The van der Waals surface area contributed by atoms with Gasteiger partial charge in [0, 0.05) is 35.2 Å². The van der Waals surface area contributed by atoms with Crippen molar-refractivity contribution in [3.63, 3.8) is 0 Å². The fourth-order valence-corrected chi connectivity index (χ4v) is 3.09. The van der Waals surface area contributed by atoms with Gasteiger partial charge in [0.15, 0.2) is 0 Å². The largest absolute Gasteiger partial charge is 0.361 e. The molecule has 1 amide bonds. The lowest BCUT2D eigenvalue weighted by Gasteiger charge is -2.27. The molecule has 1 N–H and O–H groups in total. The topological polar surface area (TPSA) is 36.1 Å². The number of rotatable bonds is 2. The summed E-state index contributed by atoms with van der Waals surface area (Å²) in [6.07, 6.45) is 4.17. The van der Waals surface area contributed by atoms with Crippen LogP contribution in [-0.4, -0.2) is 28.4 Å². The number of hydrogen-bond acceptors (Lipinski definition) is 1. The second-order valence-electron chi connectivity index (χ2n) is 5.73. The van der Waals surface area contributed by atoms with Gasteiger partial charge in [-0.3, -0.25) is 4.79 Å². The van der Waals surface area contributed by atoms with Crippen LogP contribution in [0.2, 0.25) is 0 Å². The second kappa shape index (κ2) is 4.72. The molecule has 1 aromatic carbocycles. The number of carbonyl (C=O) groups excluding carboxylic acids is 1. The van der Waals surface area contributed by atoms with Gasteiger partial charge in [0.2, 0.25) is 0 Å². The number of carbonyl (C=O) groups is 1. The highest BCUT2D eigenvalue weighted by molar-refractivity contribution is 5.98. The molecule has 3 heteroatoms. The summed E-state index contributed by atoms with van der Waals surface area (Å²) in [5.41, 5.74) is 1.89. The molecule has 0 aliphatic carbocycles. The molecule has 0 spiro atoms.